The quantitative estimate of drug-likeness (QED) is 0.762. The highest BCUT2D eigenvalue weighted by Gasteiger charge is 2.18. The summed E-state index contributed by atoms with van der Waals surface area (Å²) in [6.07, 6.45) is 4.97. The zero-order valence-electron chi connectivity index (χ0n) is 10.3. The summed E-state index contributed by atoms with van der Waals surface area (Å²) in [5.74, 6) is 1.28. The highest BCUT2D eigenvalue weighted by molar-refractivity contribution is 6.19. The predicted molar refractivity (Wildman–Crippen MR) is 68.0 cm³/mol. The van der Waals surface area contributed by atoms with Crippen LogP contribution in [-0.4, -0.2) is 24.4 Å². The summed E-state index contributed by atoms with van der Waals surface area (Å²) >= 11 is 5.40. The summed E-state index contributed by atoms with van der Waals surface area (Å²) in [5, 5.41) is 5.00. The Balaban J connectivity index is 2.13. The molecule has 1 fully saturated rings. The van der Waals surface area contributed by atoms with Gasteiger partial charge < -0.3 is 5.32 Å². The Hall–Kier alpha value is -0.770. The van der Waals surface area contributed by atoms with E-state index in [0.29, 0.717) is 12.5 Å². The summed E-state index contributed by atoms with van der Waals surface area (Å²) in [6.45, 7) is 2.92. The van der Waals surface area contributed by atoms with Gasteiger partial charge in [-0.3, -0.25) is 10.1 Å². The van der Waals surface area contributed by atoms with E-state index in [4.69, 9.17) is 11.6 Å². The molecule has 0 aliphatic heterocycles. The summed E-state index contributed by atoms with van der Waals surface area (Å²) in [4.78, 5) is 22.4. The Morgan fingerprint density at radius 2 is 1.88 bits per heavy atom. The van der Waals surface area contributed by atoms with Crippen molar-refractivity contribution in [1.29, 1.82) is 0 Å². The van der Waals surface area contributed by atoms with Gasteiger partial charge in [-0.05, 0) is 24.7 Å². The molecule has 4 nitrogen and oxygen atoms in total. The Morgan fingerprint density at radius 1 is 1.24 bits per heavy atom. The smallest absolute Gasteiger partial charge is 0.321 e. The normalized spacial score (nSPS) is 24.1. The minimum atomic E-state index is -0.404. The molecule has 0 radical (unpaired) electrons. The van der Waals surface area contributed by atoms with Crippen LogP contribution in [0.15, 0.2) is 0 Å². The molecule has 0 atom stereocenters. The van der Waals surface area contributed by atoms with Gasteiger partial charge in [-0.1, -0.05) is 19.8 Å². The number of carbonyl (C=O) groups excluding carboxylic acids is 2. The first-order valence-electron chi connectivity index (χ1n) is 6.25. The third kappa shape index (κ3) is 5.91. The molecule has 0 saturated heterocycles. The lowest BCUT2D eigenvalue weighted by atomic mass is 9.83. The monoisotopic (exact) mass is 260 g/mol. The Morgan fingerprint density at radius 3 is 2.47 bits per heavy atom. The van der Waals surface area contributed by atoms with Crippen molar-refractivity contribution < 1.29 is 9.59 Å². The lowest BCUT2D eigenvalue weighted by molar-refractivity contribution is -0.119. The van der Waals surface area contributed by atoms with Gasteiger partial charge in [0, 0.05) is 18.8 Å². The molecule has 5 heteroatoms. The summed E-state index contributed by atoms with van der Waals surface area (Å²) in [7, 11) is 0. The van der Waals surface area contributed by atoms with Gasteiger partial charge in [-0.2, -0.15) is 0 Å². The molecule has 98 valence electrons. The van der Waals surface area contributed by atoms with Crippen LogP contribution in [0.1, 0.15) is 39.0 Å². The van der Waals surface area contributed by atoms with Crippen LogP contribution in [0.5, 0.6) is 0 Å². The van der Waals surface area contributed by atoms with E-state index >= 15 is 0 Å². The van der Waals surface area contributed by atoms with Crippen molar-refractivity contribution in [2.24, 2.45) is 11.8 Å². The number of halogens is 1. The average molecular weight is 261 g/mol. The lowest BCUT2D eigenvalue weighted by Gasteiger charge is -2.26. The fourth-order valence-corrected chi connectivity index (χ4v) is 2.26. The lowest BCUT2D eigenvalue weighted by Crippen LogP contribution is -2.41. The predicted octanol–water partition coefficient (Wildman–Crippen LogP) is 2.27. The molecule has 3 amide bonds. The van der Waals surface area contributed by atoms with Gasteiger partial charge in [0.1, 0.15) is 0 Å². The maximum atomic E-state index is 11.3. The Labute approximate surface area is 107 Å². The number of hydrogen-bond acceptors (Lipinski definition) is 2. The van der Waals surface area contributed by atoms with Crippen molar-refractivity contribution >= 4 is 23.5 Å². The fourth-order valence-electron chi connectivity index (χ4n) is 2.09. The Kier molecular flexibility index (Phi) is 6.34. The molecule has 1 aliphatic carbocycles. The number of nitrogens with one attached hydrogen (secondary N) is 2. The first-order valence-corrected chi connectivity index (χ1v) is 6.79. The van der Waals surface area contributed by atoms with E-state index in [1.165, 1.54) is 12.8 Å². The van der Waals surface area contributed by atoms with Gasteiger partial charge in [0.2, 0.25) is 5.91 Å². The van der Waals surface area contributed by atoms with E-state index in [1.807, 2.05) is 0 Å². The van der Waals surface area contributed by atoms with E-state index in [-0.39, 0.29) is 18.2 Å². The molecule has 0 aromatic heterocycles. The van der Waals surface area contributed by atoms with Crippen molar-refractivity contribution in [3.63, 3.8) is 0 Å². The third-order valence-electron chi connectivity index (χ3n) is 3.26. The van der Waals surface area contributed by atoms with Crippen molar-refractivity contribution in [2.45, 2.75) is 39.0 Å². The first kappa shape index (κ1) is 14.3. The highest BCUT2D eigenvalue weighted by atomic mass is 35.5. The largest absolute Gasteiger partial charge is 0.338 e. The van der Waals surface area contributed by atoms with Crippen LogP contribution in [-0.2, 0) is 4.79 Å². The summed E-state index contributed by atoms with van der Waals surface area (Å²) in [5.41, 5.74) is 0. The van der Waals surface area contributed by atoms with Gasteiger partial charge >= 0.3 is 6.03 Å². The number of urea groups is 1. The number of amides is 3. The number of imide groups is 1. The molecule has 0 unspecified atom stereocenters. The van der Waals surface area contributed by atoms with Crippen LogP contribution >= 0.6 is 11.6 Å². The minimum absolute atomic E-state index is 0.177. The van der Waals surface area contributed by atoms with E-state index in [9.17, 15) is 9.59 Å². The number of alkyl halides is 1. The minimum Gasteiger partial charge on any atom is -0.338 e. The Bertz CT molecular complexity index is 263. The SMILES string of the molecule is CC1CCC(CNC(=O)NC(=O)CCCl)CC1. The maximum Gasteiger partial charge on any atom is 0.321 e. The van der Waals surface area contributed by atoms with Crippen molar-refractivity contribution in [3.8, 4) is 0 Å². The molecule has 0 heterocycles. The van der Waals surface area contributed by atoms with Gasteiger partial charge in [0.05, 0.1) is 0 Å². The fraction of sp³-hybridized carbons (Fsp3) is 0.833. The second-order valence-electron chi connectivity index (χ2n) is 4.82. The molecular weight excluding hydrogens is 240 g/mol. The van der Waals surface area contributed by atoms with Crippen LogP contribution in [0.3, 0.4) is 0 Å². The highest BCUT2D eigenvalue weighted by Crippen LogP contribution is 2.27. The van der Waals surface area contributed by atoms with Crippen molar-refractivity contribution in [2.75, 3.05) is 12.4 Å². The van der Waals surface area contributed by atoms with Crippen LogP contribution in [0.2, 0.25) is 0 Å². The molecule has 1 rings (SSSR count). The zero-order chi connectivity index (χ0) is 12.7. The summed E-state index contributed by atoms with van der Waals surface area (Å²) < 4.78 is 0. The number of carbonyl (C=O) groups is 2. The van der Waals surface area contributed by atoms with Crippen LogP contribution in [0.4, 0.5) is 4.79 Å². The zero-order valence-corrected chi connectivity index (χ0v) is 11.1. The molecule has 0 bridgehead atoms. The van der Waals surface area contributed by atoms with Gasteiger partial charge in [-0.25, -0.2) is 4.79 Å². The second kappa shape index (κ2) is 7.54. The second-order valence-corrected chi connectivity index (χ2v) is 5.20. The molecular formula is C12H21ClN2O2. The van der Waals surface area contributed by atoms with E-state index in [0.717, 1.165) is 18.8 Å². The van der Waals surface area contributed by atoms with Gasteiger partial charge in [-0.15, -0.1) is 11.6 Å². The molecule has 0 aromatic rings. The number of rotatable bonds is 4. The molecule has 1 aliphatic rings. The van der Waals surface area contributed by atoms with Crippen LogP contribution < -0.4 is 10.6 Å². The van der Waals surface area contributed by atoms with E-state index in [2.05, 4.69) is 17.6 Å². The van der Waals surface area contributed by atoms with E-state index in [1.54, 1.807) is 0 Å². The van der Waals surface area contributed by atoms with Crippen LogP contribution in [0.25, 0.3) is 0 Å². The van der Waals surface area contributed by atoms with Crippen molar-refractivity contribution in [1.82, 2.24) is 10.6 Å². The number of hydrogen-bond donors (Lipinski definition) is 2. The standard InChI is InChI=1S/C12H21ClN2O2/c1-9-2-4-10(5-3-9)8-14-12(17)15-11(16)6-7-13/h9-10H,2-8H2,1H3,(H2,14,15,16,17). The molecule has 17 heavy (non-hydrogen) atoms. The molecule has 2 N–H and O–H groups in total. The molecule has 0 aromatic carbocycles. The van der Waals surface area contributed by atoms with Gasteiger partial charge in [0.25, 0.3) is 0 Å². The van der Waals surface area contributed by atoms with Crippen LogP contribution in [0, 0.1) is 11.8 Å². The first-order chi connectivity index (χ1) is 8.11. The summed E-state index contributed by atoms with van der Waals surface area (Å²) in [6, 6.07) is -0.404. The maximum absolute atomic E-state index is 11.3. The van der Waals surface area contributed by atoms with Crippen molar-refractivity contribution in [3.05, 3.63) is 0 Å². The van der Waals surface area contributed by atoms with Gasteiger partial charge in [0.15, 0.2) is 0 Å². The molecule has 1 saturated carbocycles. The van der Waals surface area contributed by atoms with E-state index < -0.39 is 6.03 Å². The molecule has 0 spiro atoms. The topological polar surface area (TPSA) is 58.2 Å². The average Bonchev–Trinajstić information content (AvgIpc) is 2.28. The third-order valence-corrected chi connectivity index (χ3v) is 3.45.